The van der Waals surface area contributed by atoms with Gasteiger partial charge in [-0.3, -0.25) is 4.79 Å². The van der Waals surface area contributed by atoms with Gasteiger partial charge in [0.2, 0.25) is 0 Å². The molecule has 1 aliphatic heterocycles. The Labute approximate surface area is 200 Å². The summed E-state index contributed by atoms with van der Waals surface area (Å²) in [5, 5.41) is 11.4. The zero-order valence-corrected chi connectivity index (χ0v) is 20.3. The number of hydrogen-bond acceptors (Lipinski definition) is 5. The second-order valence-electron chi connectivity index (χ2n) is 9.74. The van der Waals surface area contributed by atoms with Crippen molar-refractivity contribution in [3.05, 3.63) is 70.0 Å². The summed E-state index contributed by atoms with van der Waals surface area (Å²) in [6.45, 7) is 2.49. The first-order valence-corrected chi connectivity index (χ1v) is 12.9. The van der Waals surface area contributed by atoms with E-state index in [0.717, 1.165) is 6.26 Å². The highest BCUT2D eigenvalue weighted by atomic mass is 32.2. The summed E-state index contributed by atoms with van der Waals surface area (Å²) < 4.78 is 74.6. The average molecular weight is 510 g/mol. The third-order valence-electron chi connectivity index (χ3n) is 6.49. The highest BCUT2D eigenvalue weighted by Crippen LogP contribution is 2.47. The van der Waals surface area contributed by atoms with Gasteiger partial charge in [-0.1, -0.05) is 26.0 Å². The van der Waals surface area contributed by atoms with Crippen LogP contribution >= 0.6 is 0 Å². The lowest BCUT2D eigenvalue weighted by molar-refractivity contribution is -0.271. The molecule has 0 bridgehead atoms. The Balaban J connectivity index is 1.81. The van der Waals surface area contributed by atoms with Crippen LogP contribution in [0.1, 0.15) is 31.4 Å². The molecule has 0 aliphatic carbocycles. The van der Waals surface area contributed by atoms with Crippen molar-refractivity contribution in [1.82, 2.24) is 4.57 Å². The van der Waals surface area contributed by atoms with Crippen molar-refractivity contribution in [1.29, 1.82) is 0 Å². The number of hydrogen-bond donors (Lipinski definition) is 1. The van der Waals surface area contributed by atoms with Crippen molar-refractivity contribution in [2.45, 2.75) is 55.3 Å². The zero-order chi connectivity index (χ0) is 25.8. The van der Waals surface area contributed by atoms with Crippen molar-refractivity contribution in [2.75, 3.05) is 12.9 Å². The molecule has 6 nitrogen and oxygen atoms in total. The Bertz CT molecular complexity index is 1460. The first-order valence-electron chi connectivity index (χ1n) is 11.0. The number of aromatic nitrogens is 1. The molecule has 1 aromatic heterocycles. The van der Waals surface area contributed by atoms with Crippen LogP contribution < -0.4 is 10.2 Å². The number of aliphatic hydroxyl groups is 1. The van der Waals surface area contributed by atoms with Gasteiger partial charge in [0, 0.05) is 35.9 Å². The molecule has 188 valence electrons. The molecule has 0 saturated heterocycles. The fourth-order valence-corrected chi connectivity index (χ4v) is 5.44. The summed E-state index contributed by atoms with van der Waals surface area (Å²) in [4.78, 5) is 12.2. The fraction of sp³-hybridized carbons (Fsp3) is 0.400. The summed E-state index contributed by atoms with van der Waals surface area (Å²) >= 11 is 0. The maximum Gasteiger partial charge on any atom is 0.418 e. The van der Waals surface area contributed by atoms with Crippen LogP contribution in [0.5, 0.6) is 5.75 Å². The number of sulfone groups is 1. The lowest BCUT2D eigenvalue weighted by Gasteiger charge is -2.39. The van der Waals surface area contributed by atoms with E-state index in [1.807, 2.05) is 0 Å². The largest absolute Gasteiger partial charge is 0.493 e. The van der Waals surface area contributed by atoms with Crippen molar-refractivity contribution in [3.8, 4) is 5.75 Å². The van der Waals surface area contributed by atoms with Crippen molar-refractivity contribution >= 4 is 20.7 Å². The highest BCUT2D eigenvalue weighted by molar-refractivity contribution is 7.90. The molecule has 0 spiro atoms. The van der Waals surface area contributed by atoms with Crippen LogP contribution in [0, 0.1) is 0 Å². The van der Waals surface area contributed by atoms with Gasteiger partial charge in [0.15, 0.2) is 20.9 Å². The molecule has 2 heterocycles. The molecule has 10 heteroatoms. The molecule has 1 atom stereocenters. The van der Waals surface area contributed by atoms with E-state index in [4.69, 9.17) is 4.74 Å². The van der Waals surface area contributed by atoms with Crippen LogP contribution in [-0.2, 0) is 28.2 Å². The van der Waals surface area contributed by atoms with E-state index in [1.165, 1.54) is 54.9 Å². The molecule has 0 fully saturated rings. The van der Waals surface area contributed by atoms with E-state index in [1.54, 1.807) is 12.1 Å². The maximum absolute atomic E-state index is 14.4. The Hall–Kier alpha value is -2.85. The summed E-state index contributed by atoms with van der Waals surface area (Å²) in [5.41, 5.74) is -3.69. The smallest absolute Gasteiger partial charge is 0.418 e. The van der Waals surface area contributed by atoms with Crippen LogP contribution in [0.25, 0.3) is 10.9 Å². The summed E-state index contributed by atoms with van der Waals surface area (Å²) in [6.07, 6.45) is -3.08. The minimum absolute atomic E-state index is 0.00761. The average Bonchev–Trinajstić information content (AvgIpc) is 3.22. The van der Waals surface area contributed by atoms with Gasteiger partial charge in [-0.25, -0.2) is 8.42 Å². The molecule has 3 aromatic rings. The van der Waals surface area contributed by atoms with Gasteiger partial charge in [-0.15, -0.1) is 0 Å². The van der Waals surface area contributed by atoms with Crippen LogP contribution in [0.4, 0.5) is 13.2 Å². The molecule has 35 heavy (non-hydrogen) atoms. The monoisotopic (exact) mass is 509 g/mol. The van der Waals surface area contributed by atoms with Crippen molar-refractivity contribution < 1.29 is 31.4 Å². The predicted molar refractivity (Wildman–Crippen MR) is 126 cm³/mol. The van der Waals surface area contributed by atoms with E-state index in [0.29, 0.717) is 29.9 Å². The number of benzene rings is 2. The van der Waals surface area contributed by atoms with Gasteiger partial charge in [0.25, 0.3) is 0 Å². The summed E-state index contributed by atoms with van der Waals surface area (Å²) in [7, 11) is -3.63. The van der Waals surface area contributed by atoms with Gasteiger partial charge in [-0.05, 0) is 41.7 Å². The molecule has 1 unspecified atom stereocenters. The summed E-state index contributed by atoms with van der Waals surface area (Å²) in [5.74, 6) is 0.362. The number of fused-ring (bicyclic) bond motifs is 2. The maximum atomic E-state index is 14.4. The zero-order valence-electron chi connectivity index (χ0n) is 19.5. The van der Waals surface area contributed by atoms with Gasteiger partial charge in [-0.2, -0.15) is 13.2 Å². The van der Waals surface area contributed by atoms with Crippen LogP contribution in [0.3, 0.4) is 0 Å². The number of halogens is 3. The SMILES string of the molecule is CC(C)(CC(O)(Cn1ccc(=O)c2ccccc21)C(F)(F)F)c1cc(S(C)(=O)=O)cc2c1OCC2. The van der Waals surface area contributed by atoms with E-state index in [2.05, 4.69) is 0 Å². The van der Waals surface area contributed by atoms with Gasteiger partial charge in [0.05, 0.1) is 23.6 Å². The number of pyridine rings is 1. The molecule has 4 rings (SSSR count). The second kappa shape index (κ2) is 8.37. The van der Waals surface area contributed by atoms with Crippen LogP contribution in [0.15, 0.2) is 58.4 Å². The second-order valence-corrected chi connectivity index (χ2v) is 11.8. The molecule has 2 aromatic carbocycles. The standard InChI is InChI=1S/C25H26F3NO5S/c1-23(2,19-13-17(35(3,32)33)12-16-9-11-34-22(16)19)14-24(31,25(26,27)28)15-29-10-8-21(30)18-6-4-5-7-20(18)29/h4-8,10,12-13,31H,9,11,14-15H2,1-3H3. The predicted octanol–water partition coefficient (Wildman–Crippen LogP) is 4.00. The molecule has 0 amide bonds. The van der Waals surface area contributed by atoms with Gasteiger partial charge < -0.3 is 14.4 Å². The third-order valence-corrected chi connectivity index (χ3v) is 7.59. The molecular formula is C25H26F3NO5S. The van der Waals surface area contributed by atoms with Gasteiger partial charge >= 0.3 is 6.18 Å². The van der Waals surface area contributed by atoms with Crippen LogP contribution in [-0.4, -0.2) is 42.7 Å². The number of rotatable bonds is 6. The van der Waals surface area contributed by atoms with Gasteiger partial charge in [0.1, 0.15) is 5.75 Å². The number of ether oxygens (including phenoxy) is 1. The number of nitrogens with zero attached hydrogens (tertiary/aromatic N) is 1. The van der Waals surface area contributed by atoms with E-state index >= 15 is 0 Å². The first-order chi connectivity index (χ1) is 16.1. The fourth-order valence-electron chi connectivity index (χ4n) is 4.75. The van der Waals surface area contributed by atoms with E-state index < -0.39 is 40.0 Å². The minimum atomic E-state index is -5.02. The van der Waals surface area contributed by atoms with E-state index in [-0.39, 0.29) is 21.2 Å². The van der Waals surface area contributed by atoms with Crippen molar-refractivity contribution in [2.24, 2.45) is 0 Å². The van der Waals surface area contributed by atoms with E-state index in [9.17, 15) is 31.5 Å². The van der Waals surface area contributed by atoms with Crippen LogP contribution in [0.2, 0.25) is 0 Å². The Morgan fingerprint density at radius 1 is 1.11 bits per heavy atom. The lowest BCUT2D eigenvalue weighted by Crippen LogP contribution is -2.52. The lowest BCUT2D eigenvalue weighted by atomic mass is 9.74. The topological polar surface area (TPSA) is 85.6 Å². The highest BCUT2D eigenvalue weighted by Gasteiger charge is 2.56. The molecule has 0 radical (unpaired) electrons. The Morgan fingerprint density at radius 2 is 1.80 bits per heavy atom. The molecule has 0 saturated carbocycles. The summed E-state index contributed by atoms with van der Waals surface area (Å²) in [6, 6.07) is 10.2. The first kappa shape index (κ1) is 25.2. The number of para-hydroxylation sites is 1. The quantitative estimate of drug-likeness (QED) is 0.543. The third kappa shape index (κ3) is 4.69. The molecule has 1 N–H and O–H groups in total. The Kier molecular flexibility index (Phi) is 6.04. The normalized spacial score (nSPS) is 16.1. The van der Waals surface area contributed by atoms with Crippen molar-refractivity contribution in [3.63, 3.8) is 0 Å². The molecule has 1 aliphatic rings. The minimum Gasteiger partial charge on any atom is -0.493 e. The molecular weight excluding hydrogens is 483 g/mol. The number of alkyl halides is 3. The Morgan fingerprint density at radius 3 is 2.46 bits per heavy atom.